The predicted molar refractivity (Wildman–Crippen MR) is 77.7 cm³/mol. The molecule has 0 aliphatic carbocycles. The van der Waals surface area contributed by atoms with Gasteiger partial charge in [0.05, 0.1) is 12.7 Å². The molecule has 112 valence electrons. The second-order valence-corrected chi connectivity index (χ2v) is 5.08. The summed E-state index contributed by atoms with van der Waals surface area (Å²) in [4.78, 5) is 11.9. The fraction of sp³-hybridized carbons (Fsp3) is 0.312. The Balaban J connectivity index is 1.80. The standard InChI is InChI=1S/C16H19NO4/c1-11(9-14(19)15-3-2-8-21-15)17-16(20)10-12-4-6-13(18)7-5-12/h2-8,11,14,18-19H,9-10H2,1H3,(H,17,20). The molecule has 2 unspecified atom stereocenters. The summed E-state index contributed by atoms with van der Waals surface area (Å²) in [6, 6.07) is 9.76. The van der Waals surface area contributed by atoms with Gasteiger partial charge in [-0.3, -0.25) is 4.79 Å². The summed E-state index contributed by atoms with van der Waals surface area (Å²) >= 11 is 0. The summed E-state index contributed by atoms with van der Waals surface area (Å²) in [6.07, 6.45) is 1.40. The van der Waals surface area contributed by atoms with Gasteiger partial charge in [0.1, 0.15) is 17.6 Å². The summed E-state index contributed by atoms with van der Waals surface area (Å²) in [7, 11) is 0. The van der Waals surface area contributed by atoms with Crippen molar-refractivity contribution in [3.63, 3.8) is 0 Å². The van der Waals surface area contributed by atoms with E-state index in [2.05, 4.69) is 5.32 Å². The maximum Gasteiger partial charge on any atom is 0.224 e. The highest BCUT2D eigenvalue weighted by Crippen LogP contribution is 2.18. The van der Waals surface area contributed by atoms with E-state index in [1.54, 1.807) is 36.4 Å². The maximum absolute atomic E-state index is 11.9. The lowest BCUT2D eigenvalue weighted by atomic mass is 10.1. The van der Waals surface area contributed by atoms with Gasteiger partial charge in [-0.25, -0.2) is 0 Å². The third-order valence-corrected chi connectivity index (χ3v) is 3.16. The number of hydrogen-bond donors (Lipinski definition) is 3. The van der Waals surface area contributed by atoms with Crippen molar-refractivity contribution in [2.24, 2.45) is 0 Å². The number of carbonyl (C=O) groups excluding carboxylic acids is 1. The van der Waals surface area contributed by atoms with Crippen molar-refractivity contribution in [1.29, 1.82) is 0 Å². The van der Waals surface area contributed by atoms with E-state index in [-0.39, 0.29) is 24.1 Å². The predicted octanol–water partition coefficient (Wildman–Crippen LogP) is 2.16. The van der Waals surface area contributed by atoms with Crippen molar-refractivity contribution in [2.45, 2.75) is 31.9 Å². The van der Waals surface area contributed by atoms with E-state index in [1.165, 1.54) is 6.26 Å². The molecule has 0 aliphatic rings. The molecule has 21 heavy (non-hydrogen) atoms. The SMILES string of the molecule is CC(CC(O)c1ccco1)NC(=O)Cc1ccc(O)cc1. The first-order valence-electron chi connectivity index (χ1n) is 6.83. The highest BCUT2D eigenvalue weighted by Gasteiger charge is 2.16. The Morgan fingerprint density at radius 1 is 1.29 bits per heavy atom. The Morgan fingerprint density at radius 3 is 2.62 bits per heavy atom. The van der Waals surface area contributed by atoms with E-state index < -0.39 is 6.10 Å². The number of amides is 1. The summed E-state index contributed by atoms with van der Waals surface area (Å²) in [5, 5.41) is 22.0. The van der Waals surface area contributed by atoms with Crippen LogP contribution in [0.25, 0.3) is 0 Å². The Labute approximate surface area is 123 Å². The minimum Gasteiger partial charge on any atom is -0.508 e. The lowest BCUT2D eigenvalue weighted by molar-refractivity contribution is -0.121. The molecule has 0 radical (unpaired) electrons. The van der Waals surface area contributed by atoms with Gasteiger partial charge in [0, 0.05) is 12.5 Å². The second-order valence-electron chi connectivity index (χ2n) is 5.08. The molecule has 0 aliphatic heterocycles. The summed E-state index contributed by atoms with van der Waals surface area (Å²) in [5.41, 5.74) is 0.823. The van der Waals surface area contributed by atoms with Crippen molar-refractivity contribution < 1.29 is 19.4 Å². The summed E-state index contributed by atoms with van der Waals surface area (Å²) < 4.78 is 5.12. The van der Waals surface area contributed by atoms with Crippen LogP contribution in [-0.4, -0.2) is 22.2 Å². The molecule has 3 N–H and O–H groups in total. The number of rotatable bonds is 6. The van der Waals surface area contributed by atoms with Crippen molar-refractivity contribution in [3.05, 3.63) is 54.0 Å². The molecule has 2 rings (SSSR count). The van der Waals surface area contributed by atoms with Gasteiger partial charge >= 0.3 is 0 Å². The van der Waals surface area contributed by atoms with Crippen LogP contribution in [0.1, 0.15) is 30.8 Å². The van der Waals surface area contributed by atoms with Gasteiger partial charge in [0.2, 0.25) is 5.91 Å². The molecule has 1 heterocycles. The van der Waals surface area contributed by atoms with Gasteiger partial charge in [0.25, 0.3) is 0 Å². The van der Waals surface area contributed by atoms with E-state index in [4.69, 9.17) is 4.42 Å². The molecule has 1 aromatic carbocycles. The number of hydrogen-bond acceptors (Lipinski definition) is 4. The summed E-state index contributed by atoms with van der Waals surface area (Å²) in [5.74, 6) is 0.545. The molecule has 0 spiro atoms. The topological polar surface area (TPSA) is 82.7 Å². The van der Waals surface area contributed by atoms with Crippen molar-refractivity contribution in [2.75, 3.05) is 0 Å². The molecular formula is C16H19NO4. The van der Waals surface area contributed by atoms with E-state index in [9.17, 15) is 15.0 Å². The van der Waals surface area contributed by atoms with Crippen LogP contribution in [0.15, 0.2) is 47.1 Å². The molecular weight excluding hydrogens is 270 g/mol. The van der Waals surface area contributed by atoms with Crippen LogP contribution in [-0.2, 0) is 11.2 Å². The number of aliphatic hydroxyl groups excluding tert-OH is 1. The number of carbonyl (C=O) groups is 1. The van der Waals surface area contributed by atoms with Crippen LogP contribution in [0.5, 0.6) is 5.75 Å². The number of aliphatic hydroxyl groups is 1. The van der Waals surface area contributed by atoms with Crippen LogP contribution in [0, 0.1) is 0 Å². The van der Waals surface area contributed by atoms with Gasteiger partial charge in [0.15, 0.2) is 0 Å². The molecule has 5 heteroatoms. The summed E-state index contributed by atoms with van der Waals surface area (Å²) in [6.45, 7) is 1.83. The van der Waals surface area contributed by atoms with E-state index >= 15 is 0 Å². The largest absolute Gasteiger partial charge is 0.508 e. The smallest absolute Gasteiger partial charge is 0.224 e. The van der Waals surface area contributed by atoms with Crippen LogP contribution in [0.2, 0.25) is 0 Å². The monoisotopic (exact) mass is 289 g/mol. The minimum absolute atomic E-state index is 0.125. The normalized spacial score (nSPS) is 13.6. The van der Waals surface area contributed by atoms with Gasteiger partial charge in [-0.15, -0.1) is 0 Å². The molecule has 1 amide bonds. The maximum atomic E-state index is 11.9. The molecule has 0 saturated heterocycles. The first-order valence-corrected chi connectivity index (χ1v) is 6.83. The molecule has 0 bridgehead atoms. The first-order chi connectivity index (χ1) is 10.0. The van der Waals surface area contributed by atoms with Crippen LogP contribution in [0.3, 0.4) is 0 Å². The average Bonchev–Trinajstić information content (AvgIpc) is 2.95. The van der Waals surface area contributed by atoms with Crippen LogP contribution >= 0.6 is 0 Å². The van der Waals surface area contributed by atoms with Crippen LogP contribution in [0.4, 0.5) is 0 Å². The number of aromatic hydroxyl groups is 1. The molecule has 0 saturated carbocycles. The molecule has 2 aromatic rings. The fourth-order valence-electron chi connectivity index (χ4n) is 2.12. The van der Waals surface area contributed by atoms with Gasteiger partial charge < -0.3 is 19.9 Å². The third-order valence-electron chi connectivity index (χ3n) is 3.16. The van der Waals surface area contributed by atoms with Crippen LogP contribution < -0.4 is 5.32 Å². The number of benzene rings is 1. The molecule has 2 atom stereocenters. The van der Waals surface area contributed by atoms with Crippen molar-refractivity contribution in [3.8, 4) is 5.75 Å². The highest BCUT2D eigenvalue weighted by atomic mass is 16.4. The van der Waals surface area contributed by atoms with Gasteiger partial charge in [-0.1, -0.05) is 12.1 Å². The number of phenolic OH excluding ortho intramolecular Hbond substituents is 1. The molecule has 0 fully saturated rings. The highest BCUT2D eigenvalue weighted by molar-refractivity contribution is 5.78. The van der Waals surface area contributed by atoms with Crippen molar-refractivity contribution in [1.82, 2.24) is 5.32 Å². The Kier molecular flexibility index (Phi) is 5.00. The fourth-order valence-corrected chi connectivity index (χ4v) is 2.12. The quantitative estimate of drug-likeness (QED) is 0.761. The lowest BCUT2D eigenvalue weighted by Gasteiger charge is -2.16. The Hall–Kier alpha value is -2.27. The number of furan rings is 1. The van der Waals surface area contributed by atoms with Crippen molar-refractivity contribution >= 4 is 5.91 Å². The average molecular weight is 289 g/mol. The molecule has 5 nitrogen and oxygen atoms in total. The minimum atomic E-state index is -0.732. The third kappa shape index (κ3) is 4.65. The van der Waals surface area contributed by atoms with E-state index in [0.29, 0.717) is 12.2 Å². The zero-order valence-electron chi connectivity index (χ0n) is 11.8. The Morgan fingerprint density at radius 2 is 2.00 bits per heavy atom. The van der Waals surface area contributed by atoms with Gasteiger partial charge in [-0.2, -0.15) is 0 Å². The Bertz CT molecular complexity index is 562. The lowest BCUT2D eigenvalue weighted by Crippen LogP contribution is -2.34. The first kappa shape index (κ1) is 15.1. The number of nitrogens with one attached hydrogen (secondary N) is 1. The molecule has 1 aromatic heterocycles. The number of phenols is 1. The second kappa shape index (κ2) is 6.95. The van der Waals surface area contributed by atoms with E-state index in [1.807, 2.05) is 6.92 Å². The zero-order chi connectivity index (χ0) is 15.2. The zero-order valence-corrected chi connectivity index (χ0v) is 11.8. The van der Waals surface area contributed by atoms with E-state index in [0.717, 1.165) is 5.56 Å². The van der Waals surface area contributed by atoms with Gasteiger partial charge in [-0.05, 0) is 36.8 Å².